The van der Waals surface area contributed by atoms with E-state index in [9.17, 15) is 9.18 Å². The van der Waals surface area contributed by atoms with E-state index in [-0.39, 0.29) is 17.1 Å². The van der Waals surface area contributed by atoms with Crippen molar-refractivity contribution >= 4 is 23.3 Å². The molecule has 0 aliphatic carbocycles. The van der Waals surface area contributed by atoms with Gasteiger partial charge in [-0.3, -0.25) is 0 Å². The number of carbonyl (C=O) groups excluding carboxylic acids is 1. The first-order chi connectivity index (χ1) is 11.5. The SMILES string of the molecule is CCC[C@@H]1c2ccc(C)n2CCN1C(=O)Nc1ccc(F)c(Cl)c1. The van der Waals surface area contributed by atoms with Gasteiger partial charge in [0.2, 0.25) is 0 Å². The number of halogens is 2. The third-order valence-corrected chi connectivity index (χ3v) is 4.80. The molecule has 128 valence electrons. The summed E-state index contributed by atoms with van der Waals surface area (Å²) in [5.41, 5.74) is 2.89. The Bertz CT molecular complexity index is 759. The minimum absolute atomic E-state index is 0.000975. The van der Waals surface area contributed by atoms with Gasteiger partial charge in [0, 0.05) is 30.2 Å². The second-order valence-electron chi connectivity index (χ2n) is 6.11. The minimum atomic E-state index is -0.496. The monoisotopic (exact) mass is 349 g/mol. The lowest BCUT2D eigenvalue weighted by atomic mass is 10.0. The lowest BCUT2D eigenvalue weighted by Crippen LogP contribution is -2.44. The van der Waals surface area contributed by atoms with Crippen molar-refractivity contribution in [3.8, 4) is 0 Å². The molecular weight excluding hydrogens is 329 g/mol. The Kier molecular flexibility index (Phi) is 4.81. The Morgan fingerprint density at radius 3 is 2.83 bits per heavy atom. The molecule has 2 heterocycles. The normalized spacial score (nSPS) is 16.8. The molecule has 0 fully saturated rings. The van der Waals surface area contributed by atoms with Gasteiger partial charge in [-0.1, -0.05) is 24.9 Å². The fourth-order valence-electron chi connectivity index (χ4n) is 3.30. The molecule has 24 heavy (non-hydrogen) atoms. The average molecular weight is 350 g/mol. The highest BCUT2D eigenvalue weighted by Crippen LogP contribution is 2.32. The summed E-state index contributed by atoms with van der Waals surface area (Å²) in [6.45, 7) is 5.63. The Morgan fingerprint density at radius 1 is 1.33 bits per heavy atom. The molecule has 1 N–H and O–H groups in total. The summed E-state index contributed by atoms with van der Waals surface area (Å²) < 4.78 is 15.5. The van der Waals surface area contributed by atoms with E-state index >= 15 is 0 Å². The number of carbonyl (C=O) groups is 1. The van der Waals surface area contributed by atoms with Crippen LogP contribution in [0.3, 0.4) is 0 Å². The van der Waals surface area contributed by atoms with E-state index in [0.29, 0.717) is 12.2 Å². The lowest BCUT2D eigenvalue weighted by Gasteiger charge is -2.37. The predicted octanol–water partition coefficient (Wildman–Crippen LogP) is 4.98. The standard InChI is InChI=1S/C18H21ClFN3O/c1-3-4-16-17-8-5-12(2)22(17)9-10-23(16)18(24)21-13-6-7-15(20)14(19)11-13/h5-8,11,16H,3-4,9-10H2,1-2H3,(H,21,24)/t16-/m1/s1. The van der Waals surface area contributed by atoms with Gasteiger partial charge in [-0.25, -0.2) is 9.18 Å². The van der Waals surface area contributed by atoms with Gasteiger partial charge in [-0.15, -0.1) is 0 Å². The van der Waals surface area contributed by atoms with Crippen LogP contribution in [-0.2, 0) is 6.54 Å². The zero-order valence-corrected chi connectivity index (χ0v) is 14.6. The number of aryl methyl sites for hydroxylation is 1. The van der Waals surface area contributed by atoms with E-state index in [1.807, 2.05) is 4.90 Å². The molecule has 4 nitrogen and oxygen atoms in total. The van der Waals surface area contributed by atoms with Crippen LogP contribution in [0.15, 0.2) is 30.3 Å². The van der Waals surface area contributed by atoms with Crippen molar-refractivity contribution in [2.75, 3.05) is 11.9 Å². The number of anilines is 1. The van der Waals surface area contributed by atoms with Crippen LogP contribution in [0.5, 0.6) is 0 Å². The second-order valence-corrected chi connectivity index (χ2v) is 6.52. The van der Waals surface area contributed by atoms with E-state index in [4.69, 9.17) is 11.6 Å². The third-order valence-electron chi connectivity index (χ3n) is 4.51. The lowest BCUT2D eigenvalue weighted by molar-refractivity contribution is 0.162. The topological polar surface area (TPSA) is 37.3 Å². The van der Waals surface area contributed by atoms with Gasteiger partial charge in [-0.05, 0) is 43.7 Å². The van der Waals surface area contributed by atoms with Gasteiger partial charge in [0.05, 0.1) is 11.1 Å². The van der Waals surface area contributed by atoms with Crippen LogP contribution in [0, 0.1) is 12.7 Å². The molecule has 1 aromatic heterocycles. The van der Waals surface area contributed by atoms with Gasteiger partial charge in [-0.2, -0.15) is 0 Å². The zero-order valence-electron chi connectivity index (χ0n) is 13.9. The van der Waals surface area contributed by atoms with Crippen LogP contribution in [0.2, 0.25) is 5.02 Å². The van der Waals surface area contributed by atoms with E-state index in [0.717, 1.165) is 19.4 Å². The number of urea groups is 1. The Balaban J connectivity index is 1.81. The van der Waals surface area contributed by atoms with Crippen LogP contribution in [0.1, 0.15) is 37.2 Å². The molecule has 3 rings (SSSR count). The average Bonchev–Trinajstić information content (AvgIpc) is 2.93. The Morgan fingerprint density at radius 2 is 2.12 bits per heavy atom. The first kappa shape index (κ1) is 16.8. The van der Waals surface area contributed by atoms with Crippen molar-refractivity contribution in [2.24, 2.45) is 0 Å². The van der Waals surface area contributed by atoms with Gasteiger partial charge in [0.25, 0.3) is 0 Å². The molecule has 0 spiro atoms. The summed E-state index contributed by atoms with van der Waals surface area (Å²) in [7, 11) is 0. The highest BCUT2D eigenvalue weighted by Gasteiger charge is 2.31. The number of fused-ring (bicyclic) bond motifs is 1. The molecule has 1 aliphatic rings. The number of benzene rings is 1. The van der Waals surface area contributed by atoms with Crippen LogP contribution < -0.4 is 5.32 Å². The smallest absolute Gasteiger partial charge is 0.322 e. The number of nitrogens with one attached hydrogen (secondary N) is 1. The van der Waals surface area contributed by atoms with Gasteiger partial charge < -0.3 is 14.8 Å². The Labute approximate surface area is 146 Å². The maximum atomic E-state index is 13.3. The van der Waals surface area contributed by atoms with Crippen molar-refractivity contribution in [1.82, 2.24) is 9.47 Å². The summed E-state index contributed by atoms with van der Waals surface area (Å²) in [6, 6.07) is 8.27. The van der Waals surface area contributed by atoms with Crippen LogP contribution in [0.25, 0.3) is 0 Å². The van der Waals surface area contributed by atoms with E-state index < -0.39 is 5.82 Å². The Hall–Kier alpha value is -2.01. The van der Waals surface area contributed by atoms with Gasteiger partial charge in [0.15, 0.2) is 0 Å². The molecule has 1 aromatic carbocycles. The number of amides is 2. The van der Waals surface area contributed by atoms with Crippen molar-refractivity contribution in [3.05, 3.63) is 52.6 Å². The van der Waals surface area contributed by atoms with Crippen LogP contribution in [0.4, 0.5) is 14.9 Å². The van der Waals surface area contributed by atoms with E-state index in [1.165, 1.54) is 29.6 Å². The van der Waals surface area contributed by atoms with Crippen molar-refractivity contribution < 1.29 is 9.18 Å². The van der Waals surface area contributed by atoms with Crippen molar-refractivity contribution in [2.45, 2.75) is 39.3 Å². The van der Waals surface area contributed by atoms with Crippen LogP contribution >= 0.6 is 11.6 Å². The first-order valence-corrected chi connectivity index (χ1v) is 8.57. The summed E-state index contributed by atoms with van der Waals surface area (Å²) >= 11 is 5.79. The predicted molar refractivity (Wildman–Crippen MR) is 94.0 cm³/mol. The van der Waals surface area contributed by atoms with E-state index in [2.05, 4.69) is 35.9 Å². The molecular formula is C18H21ClFN3O. The third kappa shape index (κ3) is 3.13. The molecule has 1 atom stereocenters. The highest BCUT2D eigenvalue weighted by atomic mass is 35.5. The maximum absolute atomic E-state index is 13.3. The molecule has 6 heteroatoms. The summed E-state index contributed by atoms with van der Waals surface area (Å²) in [4.78, 5) is 14.6. The fourth-order valence-corrected chi connectivity index (χ4v) is 3.48. The first-order valence-electron chi connectivity index (χ1n) is 8.20. The summed E-state index contributed by atoms with van der Waals surface area (Å²) in [5.74, 6) is -0.496. The molecule has 0 saturated carbocycles. The summed E-state index contributed by atoms with van der Waals surface area (Å²) in [5, 5.41) is 2.83. The highest BCUT2D eigenvalue weighted by molar-refractivity contribution is 6.31. The zero-order chi connectivity index (χ0) is 17.3. The molecule has 0 bridgehead atoms. The van der Waals surface area contributed by atoms with E-state index in [1.54, 1.807) is 0 Å². The number of hydrogen-bond acceptors (Lipinski definition) is 1. The van der Waals surface area contributed by atoms with Gasteiger partial charge in [0.1, 0.15) is 5.82 Å². The van der Waals surface area contributed by atoms with Crippen molar-refractivity contribution in [3.63, 3.8) is 0 Å². The largest absolute Gasteiger partial charge is 0.345 e. The molecule has 1 aliphatic heterocycles. The number of rotatable bonds is 3. The minimum Gasteiger partial charge on any atom is -0.345 e. The second kappa shape index (κ2) is 6.85. The molecule has 0 saturated heterocycles. The fraction of sp³-hybridized carbons (Fsp3) is 0.389. The molecule has 2 amide bonds. The number of nitrogens with zero attached hydrogens (tertiary/aromatic N) is 2. The van der Waals surface area contributed by atoms with Crippen LogP contribution in [-0.4, -0.2) is 22.0 Å². The summed E-state index contributed by atoms with van der Waals surface area (Å²) in [6.07, 6.45) is 1.89. The quantitative estimate of drug-likeness (QED) is 0.833. The maximum Gasteiger partial charge on any atom is 0.322 e. The number of aromatic nitrogens is 1. The molecule has 0 radical (unpaired) electrons. The van der Waals surface area contributed by atoms with Gasteiger partial charge >= 0.3 is 6.03 Å². The molecule has 0 unspecified atom stereocenters. The van der Waals surface area contributed by atoms with Crippen molar-refractivity contribution in [1.29, 1.82) is 0 Å². The number of hydrogen-bond donors (Lipinski definition) is 1. The molecule has 2 aromatic rings.